The fraction of sp³-hybridized carbons (Fsp3) is 0.419. The van der Waals surface area contributed by atoms with Crippen molar-refractivity contribution in [3.05, 3.63) is 83.6 Å². The molecule has 6 rings (SSSR count). The Bertz CT molecular complexity index is 1220. The number of hydrogen-bond donors (Lipinski definition) is 0. The number of nitrogens with zero attached hydrogens (tertiary/aromatic N) is 5. The Balaban J connectivity index is 1.06. The summed E-state index contributed by atoms with van der Waals surface area (Å²) in [5, 5.41) is 0. The molecule has 2 aromatic carbocycles. The van der Waals surface area contributed by atoms with Crippen molar-refractivity contribution in [2.24, 2.45) is 0 Å². The number of carbonyl (C=O) groups is 1. The van der Waals surface area contributed by atoms with E-state index in [0.29, 0.717) is 31.0 Å². The number of benzene rings is 2. The zero-order chi connectivity index (χ0) is 25.9. The highest BCUT2D eigenvalue weighted by atomic mass is 16.5. The molecule has 1 unspecified atom stereocenters. The second kappa shape index (κ2) is 11.2. The Labute approximate surface area is 225 Å². The first-order valence-corrected chi connectivity index (χ1v) is 13.9. The molecule has 0 N–H and O–H groups in total. The average Bonchev–Trinajstić information content (AvgIpc) is 3.31. The normalized spacial score (nSPS) is 20.2. The molecule has 7 nitrogen and oxygen atoms in total. The van der Waals surface area contributed by atoms with E-state index in [0.717, 1.165) is 57.9 Å². The average molecular weight is 512 g/mol. The molecule has 198 valence electrons. The van der Waals surface area contributed by atoms with E-state index in [9.17, 15) is 4.79 Å². The quantitative estimate of drug-likeness (QED) is 0.452. The maximum atomic E-state index is 13.6. The van der Waals surface area contributed by atoms with E-state index in [2.05, 4.69) is 57.1 Å². The molecule has 0 spiro atoms. The highest BCUT2D eigenvalue weighted by molar-refractivity contribution is 5.97. The minimum atomic E-state index is 0.0632. The maximum Gasteiger partial charge on any atom is 0.257 e. The van der Waals surface area contributed by atoms with Crippen LogP contribution in [0.3, 0.4) is 0 Å². The molecule has 1 amide bonds. The summed E-state index contributed by atoms with van der Waals surface area (Å²) in [6, 6.07) is 20.7. The van der Waals surface area contributed by atoms with Crippen LogP contribution >= 0.6 is 0 Å². The van der Waals surface area contributed by atoms with Gasteiger partial charge in [-0.2, -0.15) is 0 Å². The molecule has 0 saturated carbocycles. The van der Waals surface area contributed by atoms with Gasteiger partial charge in [-0.25, -0.2) is 0 Å². The number of hydrogen-bond acceptors (Lipinski definition) is 6. The molecule has 2 aliphatic heterocycles. The Morgan fingerprint density at radius 1 is 0.868 bits per heavy atom. The lowest BCUT2D eigenvalue weighted by molar-refractivity contribution is 0.0595. The number of carbonyl (C=O) groups excluding carboxylic acids is 1. The van der Waals surface area contributed by atoms with E-state index in [1.54, 1.807) is 0 Å². The van der Waals surface area contributed by atoms with Gasteiger partial charge in [-0.05, 0) is 37.2 Å². The number of amides is 1. The van der Waals surface area contributed by atoms with E-state index in [4.69, 9.17) is 4.74 Å². The van der Waals surface area contributed by atoms with E-state index in [1.165, 1.54) is 16.7 Å². The molecule has 2 saturated heterocycles. The molecule has 1 atom stereocenters. The molecule has 0 bridgehead atoms. The van der Waals surface area contributed by atoms with Crippen LogP contribution in [0.2, 0.25) is 0 Å². The van der Waals surface area contributed by atoms with Gasteiger partial charge in [0.25, 0.3) is 5.91 Å². The molecule has 1 aliphatic carbocycles. The molecule has 2 fully saturated rings. The van der Waals surface area contributed by atoms with Gasteiger partial charge in [0.2, 0.25) is 0 Å². The van der Waals surface area contributed by atoms with Gasteiger partial charge < -0.3 is 19.4 Å². The van der Waals surface area contributed by atoms with Crippen LogP contribution in [-0.2, 0) is 0 Å². The number of para-hydroxylation sites is 1. The highest BCUT2D eigenvalue weighted by Gasteiger charge is 2.36. The fourth-order valence-corrected chi connectivity index (χ4v) is 6.04. The third-order valence-electron chi connectivity index (χ3n) is 8.20. The van der Waals surface area contributed by atoms with Gasteiger partial charge in [0, 0.05) is 76.2 Å². The molecular formula is C31H37N5O2. The summed E-state index contributed by atoms with van der Waals surface area (Å²) in [6.07, 6.45) is 2.84. The van der Waals surface area contributed by atoms with Crippen LogP contribution in [0.1, 0.15) is 33.9 Å². The summed E-state index contributed by atoms with van der Waals surface area (Å²) in [6.45, 7) is 9.20. The van der Waals surface area contributed by atoms with Crippen molar-refractivity contribution in [3.8, 4) is 17.0 Å². The second-order valence-corrected chi connectivity index (χ2v) is 10.6. The first-order valence-electron chi connectivity index (χ1n) is 13.9. The largest absolute Gasteiger partial charge is 0.493 e. The molecule has 7 heteroatoms. The number of ether oxygens (including phenoxy) is 1. The number of pyridine rings is 1. The SMILES string of the molecule is CN1CCN(CCCOc2ccccc2C(=O)N2CCN(C3c4ccccc4-c4ncccc43)CC2)CC1. The van der Waals surface area contributed by atoms with Crippen molar-refractivity contribution in [2.45, 2.75) is 12.5 Å². The first-order chi connectivity index (χ1) is 18.7. The molecule has 38 heavy (non-hydrogen) atoms. The monoisotopic (exact) mass is 511 g/mol. The number of fused-ring (bicyclic) bond motifs is 3. The van der Waals surface area contributed by atoms with Crippen LogP contribution in [0.5, 0.6) is 5.75 Å². The molecule has 1 aromatic heterocycles. The highest BCUT2D eigenvalue weighted by Crippen LogP contribution is 2.45. The molecule has 3 heterocycles. The predicted molar refractivity (Wildman–Crippen MR) is 149 cm³/mol. The van der Waals surface area contributed by atoms with Crippen LogP contribution in [0, 0.1) is 0 Å². The van der Waals surface area contributed by atoms with Gasteiger partial charge in [-0.3, -0.25) is 14.7 Å². The Morgan fingerprint density at radius 3 is 2.45 bits per heavy atom. The molecular weight excluding hydrogens is 474 g/mol. The molecule has 3 aromatic rings. The lowest BCUT2D eigenvalue weighted by atomic mass is 10.0. The van der Waals surface area contributed by atoms with E-state index >= 15 is 0 Å². The third-order valence-corrected chi connectivity index (χ3v) is 8.20. The zero-order valence-corrected chi connectivity index (χ0v) is 22.3. The van der Waals surface area contributed by atoms with Crippen LogP contribution in [0.25, 0.3) is 11.3 Å². The van der Waals surface area contributed by atoms with E-state index < -0.39 is 0 Å². The van der Waals surface area contributed by atoms with Crippen LogP contribution in [-0.4, -0.2) is 103 Å². The minimum absolute atomic E-state index is 0.0632. The Hall–Kier alpha value is -3.26. The fourth-order valence-electron chi connectivity index (χ4n) is 6.04. The van der Waals surface area contributed by atoms with Gasteiger partial charge in [-0.1, -0.05) is 42.5 Å². The number of piperazine rings is 2. The summed E-state index contributed by atoms with van der Waals surface area (Å²) in [5.41, 5.74) is 5.57. The van der Waals surface area contributed by atoms with Crippen LogP contribution in [0.15, 0.2) is 66.9 Å². The minimum Gasteiger partial charge on any atom is -0.493 e. The van der Waals surface area contributed by atoms with Crippen LogP contribution < -0.4 is 4.74 Å². The lowest BCUT2D eigenvalue weighted by Crippen LogP contribution is -2.49. The smallest absolute Gasteiger partial charge is 0.257 e. The standard InChI is InChI=1S/C31H37N5O2/c1-33-15-17-34(18-16-33)14-7-23-38-28-12-5-4-10-26(28)31(37)36-21-19-35(20-22-36)30-25-9-3-2-8-24(25)29-27(30)11-6-13-32-29/h2-6,8-13,30H,7,14-23H2,1H3. The van der Waals surface area contributed by atoms with Crippen molar-refractivity contribution in [3.63, 3.8) is 0 Å². The first kappa shape index (κ1) is 25.0. The molecule has 0 radical (unpaired) electrons. The van der Waals surface area contributed by atoms with Crippen molar-refractivity contribution in [1.29, 1.82) is 0 Å². The van der Waals surface area contributed by atoms with Crippen LogP contribution in [0.4, 0.5) is 0 Å². The van der Waals surface area contributed by atoms with E-state index in [-0.39, 0.29) is 11.9 Å². The van der Waals surface area contributed by atoms with Gasteiger partial charge >= 0.3 is 0 Å². The summed E-state index contributed by atoms with van der Waals surface area (Å²) < 4.78 is 6.14. The van der Waals surface area contributed by atoms with E-state index in [1.807, 2.05) is 41.4 Å². The third kappa shape index (κ3) is 5.06. The van der Waals surface area contributed by atoms with Crippen molar-refractivity contribution in [1.82, 2.24) is 24.6 Å². The number of rotatable bonds is 7. The van der Waals surface area contributed by atoms with Gasteiger partial charge in [0.1, 0.15) is 5.75 Å². The van der Waals surface area contributed by atoms with Crippen molar-refractivity contribution < 1.29 is 9.53 Å². The van der Waals surface area contributed by atoms with Gasteiger partial charge in [0.05, 0.1) is 23.9 Å². The van der Waals surface area contributed by atoms with Crippen molar-refractivity contribution >= 4 is 5.91 Å². The van der Waals surface area contributed by atoms with Crippen molar-refractivity contribution in [2.75, 3.05) is 72.6 Å². The Kier molecular flexibility index (Phi) is 7.40. The summed E-state index contributed by atoms with van der Waals surface area (Å²) in [7, 11) is 2.18. The summed E-state index contributed by atoms with van der Waals surface area (Å²) in [4.78, 5) is 27.6. The molecule has 3 aliphatic rings. The second-order valence-electron chi connectivity index (χ2n) is 10.6. The van der Waals surface area contributed by atoms with Gasteiger partial charge in [0.15, 0.2) is 0 Å². The predicted octanol–water partition coefficient (Wildman–Crippen LogP) is 3.63. The number of likely N-dealkylation sites (N-methyl/N-ethyl adjacent to an activating group) is 1. The van der Waals surface area contributed by atoms with Gasteiger partial charge in [-0.15, -0.1) is 0 Å². The topological polar surface area (TPSA) is 52.2 Å². The zero-order valence-electron chi connectivity index (χ0n) is 22.3. The summed E-state index contributed by atoms with van der Waals surface area (Å²) in [5.74, 6) is 0.760. The lowest BCUT2D eigenvalue weighted by Gasteiger charge is -2.38. The Morgan fingerprint density at radius 2 is 1.61 bits per heavy atom. The summed E-state index contributed by atoms with van der Waals surface area (Å²) >= 11 is 0. The number of aromatic nitrogens is 1. The maximum absolute atomic E-state index is 13.6.